The second-order valence-electron chi connectivity index (χ2n) is 5.10. The molecule has 0 bridgehead atoms. The first-order chi connectivity index (χ1) is 9.65. The van der Waals surface area contributed by atoms with Crippen LogP contribution < -0.4 is 5.43 Å². The number of rotatable bonds is 2. The van der Waals surface area contributed by atoms with Crippen molar-refractivity contribution in [1.29, 1.82) is 0 Å². The molecule has 1 aromatic heterocycles. The van der Waals surface area contributed by atoms with Crippen LogP contribution in [0.25, 0.3) is 10.9 Å². The van der Waals surface area contributed by atoms with Gasteiger partial charge in [-0.25, -0.2) is 4.79 Å². The van der Waals surface area contributed by atoms with Gasteiger partial charge in [0.15, 0.2) is 0 Å². The maximum Gasteiger partial charge on any atom is 0.343 e. The molecule has 0 radical (unpaired) electrons. The van der Waals surface area contributed by atoms with Crippen molar-refractivity contribution in [2.24, 2.45) is 0 Å². The highest BCUT2D eigenvalue weighted by Gasteiger charge is 2.26. The molecule has 0 atom stereocenters. The van der Waals surface area contributed by atoms with E-state index in [0.29, 0.717) is 5.39 Å². The van der Waals surface area contributed by atoms with Gasteiger partial charge in [0, 0.05) is 17.6 Å². The Morgan fingerprint density at radius 3 is 2.95 bits per heavy atom. The molecule has 0 saturated heterocycles. The number of carbonyl (C=O) groups is 1. The van der Waals surface area contributed by atoms with E-state index in [1.54, 1.807) is 6.92 Å². The number of pyridine rings is 1. The van der Waals surface area contributed by atoms with Crippen LogP contribution in [0.1, 0.15) is 35.0 Å². The molecule has 2 aromatic rings. The summed E-state index contributed by atoms with van der Waals surface area (Å²) in [7, 11) is 0. The molecule has 0 N–H and O–H groups in total. The minimum absolute atomic E-state index is 0.190. The SMILES string of the molecule is CCOC(=O)c1c2n(c3cccc(C)c3c1=O)CCC2. The van der Waals surface area contributed by atoms with Gasteiger partial charge in [-0.05, 0) is 38.3 Å². The van der Waals surface area contributed by atoms with Crippen molar-refractivity contribution in [2.45, 2.75) is 33.2 Å². The molecule has 0 spiro atoms. The molecule has 4 heteroatoms. The minimum Gasteiger partial charge on any atom is -0.462 e. The summed E-state index contributed by atoms with van der Waals surface area (Å²) in [4.78, 5) is 24.9. The summed E-state index contributed by atoms with van der Waals surface area (Å²) in [5, 5.41) is 0.640. The van der Waals surface area contributed by atoms with Crippen LogP contribution in [0.3, 0.4) is 0 Å². The third kappa shape index (κ3) is 1.75. The van der Waals surface area contributed by atoms with Gasteiger partial charge in [0.1, 0.15) is 5.56 Å². The van der Waals surface area contributed by atoms with Crippen LogP contribution in [-0.4, -0.2) is 17.1 Å². The number of aryl methyl sites for hydroxylation is 2. The molecule has 20 heavy (non-hydrogen) atoms. The lowest BCUT2D eigenvalue weighted by Gasteiger charge is -2.14. The van der Waals surface area contributed by atoms with E-state index in [0.717, 1.165) is 36.2 Å². The first-order valence-electron chi connectivity index (χ1n) is 6.97. The summed E-state index contributed by atoms with van der Waals surface area (Å²) in [6.07, 6.45) is 1.71. The number of aromatic nitrogens is 1. The Morgan fingerprint density at radius 1 is 1.40 bits per heavy atom. The molecule has 0 unspecified atom stereocenters. The predicted molar refractivity (Wildman–Crippen MR) is 77.2 cm³/mol. The molecule has 0 fully saturated rings. The lowest BCUT2D eigenvalue weighted by atomic mass is 10.0. The van der Waals surface area contributed by atoms with Crippen molar-refractivity contribution >= 4 is 16.9 Å². The van der Waals surface area contributed by atoms with Crippen molar-refractivity contribution in [3.05, 3.63) is 45.2 Å². The van der Waals surface area contributed by atoms with Crippen LogP contribution in [0.4, 0.5) is 0 Å². The van der Waals surface area contributed by atoms with Crippen LogP contribution in [0, 0.1) is 6.92 Å². The molecular weight excluding hydrogens is 254 g/mol. The summed E-state index contributed by atoms with van der Waals surface area (Å²) in [5.74, 6) is -0.492. The average Bonchev–Trinajstić information content (AvgIpc) is 2.88. The molecule has 0 aliphatic carbocycles. The molecule has 3 rings (SSSR count). The van der Waals surface area contributed by atoms with Gasteiger partial charge < -0.3 is 9.30 Å². The third-order valence-corrected chi connectivity index (χ3v) is 3.88. The van der Waals surface area contributed by atoms with E-state index in [1.807, 2.05) is 25.1 Å². The number of esters is 1. The Kier molecular flexibility index (Phi) is 3.08. The Hall–Kier alpha value is -2.10. The van der Waals surface area contributed by atoms with Crippen molar-refractivity contribution in [3.8, 4) is 0 Å². The lowest BCUT2D eigenvalue weighted by Crippen LogP contribution is -2.24. The second kappa shape index (κ2) is 4.78. The molecule has 1 aliphatic rings. The Balaban J connectivity index is 2.42. The number of ether oxygens (including phenoxy) is 1. The number of hydrogen-bond acceptors (Lipinski definition) is 3. The van der Waals surface area contributed by atoms with E-state index < -0.39 is 5.97 Å². The van der Waals surface area contributed by atoms with Crippen molar-refractivity contribution in [2.75, 3.05) is 6.61 Å². The fourth-order valence-electron chi connectivity index (χ4n) is 3.04. The van der Waals surface area contributed by atoms with Crippen LogP contribution in [-0.2, 0) is 17.7 Å². The van der Waals surface area contributed by atoms with Crippen molar-refractivity contribution in [1.82, 2.24) is 4.57 Å². The number of hydrogen-bond donors (Lipinski definition) is 0. The summed E-state index contributed by atoms with van der Waals surface area (Å²) < 4.78 is 7.16. The molecule has 1 aliphatic heterocycles. The molecule has 104 valence electrons. The van der Waals surface area contributed by atoms with Gasteiger partial charge in [-0.3, -0.25) is 4.79 Å². The lowest BCUT2D eigenvalue weighted by molar-refractivity contribution is 0.0523. The van der Waals surface area contributed by atoms with E-state index in [-0.39, 0.29) is 17.6 Å². The van der Waals surface area contributed by atoms with Crippen LogP contribution in [0.2, 0.25) is 0 Å². The third-order valence-electron chi connectivity index (χ3n) is 3.88. The van der Waals surface area contributed by atoms with Gasteiger partial charge in [0.05, 0.1) is 12.1 Å². The quantitative estimate of drug-likeness (QED) is 0.788. The van der Waals surface area contributed by atoms with Gasteiger partial charge in [-0.2, -0.15) is 0 Å². The number of carbonyl (C=O) groups excluding carboxylic acids is 1. The van der Waals surface area contributed by atoms with Gasteiger partial charge in [-0.15, -0.1) is 0 Å². The highest BCUT2D eigenvalue weighted by atomic mass is 16.5. The molecule has 4 nitrogen and oxygen atoms in total. The van der Waals surface area contributed by atoms with Gasteiger partial charge in [-0.1, -0.05) is 12.1 Å². The highest BCUT2D eigenvalue weighted by Crippen LogP contribution is 2.25. The van der Waals surface area contributed by atoms with Crippen LogP contribution in [0.5, 0.6) is 0 Å². The van der Waals surface area contributed by atoms with E-state index in [4.69, 9.17) is 4.74 Å². The molecule has 1 aromatic carbocycles. The van der Waals surface area contributed by atoms with Crippen molar-refractivity contribution in [3.63, 3.8) is 0 Å². The summed E-state index contributed by atoms with van der Waals surface area (Å²) >= 11 is 0. The maximum absolute atomic E-state index is 12.7. The molecule has 0 amide bonds. The zero-order chi connectivity index (χ0) is 14.3. The van der Waals surface area contributed by atoms with Gasteiger partial charge in [0.2, 0.25) is 5.43 Å². The smallest absolute Gasteiger partial charge is 0.343 e. The Bertz CT molecular complexity index is 758. The monoisotopic (exact) mass is 271 g/mol. The largest absolute Gasteiger partial charge is 0.462 e. The normalized spacial score (nSPS) is 13.5. The summed E-state index contributed by atoms with van der Waals surface area (Å²) in [6.45, 7) is 4.79. The van der Waals surface area contributed by atoms with E-state index >= 15 is 0 Å². The van der Waals surface area contributed by atoms with Crippen molar-refractivity contribution < 1.29 is 9.53 Å². The van der Waals surface area contributed by atoms with E-state index in [2.05, 4.69) is 4.57 Å². The number of benzene rings is 1. The average molecular weight is 271 g/mol. The molecular formula is C16H17NO3. The Morgan fingerprint density at radius 2 is 2.20 bits per heavy atom. The Labute approximate surface area is 117 Å². The number of fused-ring (bicyclic) bond motifs is 3. The molecule has 2 heterocycles. The zero-order valence-electron chi connectivity index (χ0n) is 11.7. The van der Waals surface area contributed by atoms with E-state index in [1.165, 1.54) is 0 Å². The fraction of sp³-hybridized carbons (Fsp3) is 0.375. The van der Waals surface area contributed by atoms with Gasteiger partial charge >= 0.3 is 5.97 Å². The highest BCUT2D eigenvalue weighted by molar-refractivity contribution is 5.96. The predicted octanol–water partition coefficient (Wildman–Crippen LogP) is 2.43. The van der Waals surface area contributed by atoms with Crippen LogP contribution >= 0.6 is 0 Å². The first-order valence-corrected chi connectivity index (χ1v) is 6.97. The topological polar surface area (TPSA) is 48.3 Å². The van der Waals surface area contributed by atoms with Crippen LogP contribution in [0.15, 0.2) is 23.0 Å². The minimum atomic E-state index is -0.492. The first kappa shape index (κ1) is 12.9. The summed E-state index contributed by atoms with van der Waals surface area (Å²) in [6, 6.07) is 5.81. The van der Waals surface area contributed by atoms with E-state index in [9.17, 15) is 9.59 Å². The standard InChI is InChI=1S/C16H17NO3/c1-3-20-16(19)14-12-8-5-9-17(12)11-7-4-6-10(2)13(11)15(14)18/h4,6-7H,3,5,8-9H2,1-2H3. The summed E-state index contributed by atoms with van der Waals surface area (Å²) in [5.41, 5.74) is 2.69. The number of nitrogens with zero attached hydrogens (tertiary/aromatic N) is 1. The fourth-order valence-corrected chi connectivity index (χ4v) is 3.04. The maximum atomic E-state index is 12.7. The zero-order valence-corrected chi connectivity index (χ0v) is 11.7. The molecule has 0 saturated carbocycles. The van der Waals surface area contributed by atoms with Gasteiger partial charge in [0.25, 0.3) is 0 Å². The second-order valence-corrected chi connectivity index (χ2v) is 5.10.